The van der Waals surface area contributed by atoms with Gasteiger partial charge in [-0.25, -0.2) is 4.98 Å². The van der Waals surface area contributed by atoms with Crippen molar-refractivity contribution in [1.29, 1.82) is 0 Å². The summed E-state index contributed by atoms with van der Waals surface area (Å²) in [6.07, 6.45) is 2.39. The van der Waals surface area contributed by atoms with Gasteiger partial charge in [-0.05, 0) is 12.1 Å². The van der Waals surface area contributed by atoms with Gasteiger partial charge in [0.1, 0.15) is 11.6 Å². The molecule has 0 atom stereocenters. The average molecular weight is 232 g/mol. The topological polar surface area (TPSA) is 47.3 Å². The van der Waals surface area contributed by atoms with E-state index in [2.05, 4.69) is 4.98 Å². The van der Waals surface area contributed by atoms with Crippen LogP contribution in [0.3, 0.4) is 0 Å². The first-order chi connectivity index (χ1) is 8.26. The van der Waals surface area contributed by atoms with Crippen molar-refractivity contribution in [2.45, 2.75) is 6.42 Å². The minimum Gasteiger partial charge on any atom is -0.497 e. The van der Waals surface area contributed by atoms with Crippen LogP contribution in [-0.4, -0.2) is 28.4 Å². The lowest BCUT2D eigenvalue weighted by atomic mass is 10.1. The lowest BCUT2D eigenvalue weighted by Crippen LogP contribution is -2.02. The first kappa shape index (κ1) is 11.7. The molecule has 90 valence electrons. The zero-order chi connectivity index (χ0) is 12.3. The predicted octanol–water partition coefficient (Wildman–Crippen LogP) is 1.63. The molecule has 2 aromatic rings. The Balaban J connectivity index is 2.38. The molecule has 1 N–H and O–H groups in total. The maximum absolute atomic E-state index is 8.93. The molecule has 4 heteroatoms. The third-order valence-corrected chi connectivity index (χ3v) is 2.79. The van der Waals surface area contributed by atoms with E-state index in [4.69, 9.17) is 9.84 Å². The monoisotopic (exact) mass is 232 g/mol. The number of aliphatic hydroxyl groups is 1. The van der Waals surface area contributed by atoms with Crippen molar-refractivity contribution in [2.24, 2.45) is 7.05 Å². The van der Waals surface area contributed by atoms with Gasteiger partial charge in [0.05, 0.1) is 25.6 Å². The van der Waals surface area contributed by atoms with Gasteiger partial charge in [0.15, 0.2) is 0 Å². The molecule has 2 rings (SSSR count). The van der Waals surface area contributed by atoms with Crippen molar-refractivity contribution >= 4 is 0 Å². The van der Waals surface area contributed by atoms with E-state index >= 15 is 0 Å². The number of nitrogens with zero attached hydrogens (tertiary/aromatic N) is 2. The Hall–Kier alpha value is -1.81. The highest BCUT2D eigenvalue weighted by atomic mass is 16.5. The van der Waals surface area contributed by atoms with E-state index < -0.39 is 0 Å². The van der Waals surface area contributed by atoms with E-state index in [0.717, 1.165) is 22.8 Å². The minimum atomic E-state index is 0.113. The van der Waals surface area contributed by atoms with Crippen LogP contribution in [-0.2, 0) is 13.5 Å². The van der Waals surface area contributed by atoms with Gasteiger partial charge in [-0.15, -0.1) is 0 Å². The van der Waals surface area contributed by atoms with Crippen LogP contribution in [0.5, 0.6) is 5.75 Å². The normalized spacial score (nSPS) is 10.5. The van der Waals surface area contributed by atoms with Crippen molar-refractivity contribution < 1.29 is 9.84 Å². The number of hydrogen-bond donors (Lipinski definition) is 1. The van der Waals surface area contributed by atoms with Gasteiger partial charge in [0.2, 0.25) is 0 Å². The van der Waals surface area contributed by atoms with Gasteiger partial charge in [0.25, 0.3) is 0 Å². The van der Waals surface area contributed by atoms with Gasteiger partial charge in [-0.1, -0.05) is 12.1 Å². The molecule has 0 unspecified atom stereocenters. The maximum Gasteiger partial charge on any atom is 0.119 e. The number of imidazole rings is 1. The number of ether oxygens (including phenoxy) is 1. The van der Waals surface area contributed by atoms with Crippen LogP contribution >= 0.6 is 0 Å². The van der Waals surface area contributed by atoms with E-state index in [1.165, 1.54) is 0 Å². The first-order valence-corrected chi connectivity index (χ1v) is 5.52. The number of methoxy groups -OCH3 is 1. The summed E-state index contributed by atoms with van der Waals surface area (Å²) in [5.74, 6) is 1.71. The fraction of sp³-hybridized carbons (Fsp3) is 0.308. The maximum atomic E-state index is 8.93. The molecule has 0 aliphatic carbocycles. The van der Waals surface area contributed by atoms with Crippen molar-refractivity contribution in [1.82, 2.24) is 9.55 Å². The molecule has 17 heavy (non-hydrogen) atoms. The van der Waals surface area contributed by atoms with Gasteiger partial charge in [-0.2, -0.15) is 0 Å². The molecule has 0 fully saturated rings. The Labute approximate surface area is 100 Å². The first-order valence-electron chi connectivity index (χ1n) is 5.52. The van der Waals surface area contributed by atoms with E-state index in [9.17, 15) is 0 Å². The Bertz CT molecular complexity index is 506. The van der Waals surface area contributed by atoms with Crippen LogP contribution in [0.4, 0.5) is 0 Å². The van der Waals surface area contributed by atoms with E-state index in [1.54, 1.807) is 7.11 Å². The SMILES string of the molecule is COc1cccc(-c2cnc(CCO)n2C)c1. The van der Waals surface area contributed by atoms with E-state index in [-0.39, 0.29) is 6.61 Å². The highest BCUT2D eigenvalue weighted by molar-refractivity contribution is 5.61. The zero-order valence-electron chi connectivity index (χ0n) is 10.1. The molecule has 0 amide bonds. The Morgan fingerprint density at radius 3 is 2.94 bits per heavy atom. The van der Waals surface area contributed by atoms with E-state index in [0.29, 0.717) is 6.42 Å². The summed E-state index contributed by atoms with van der Waals surface area (Å²) in [6.45, 7) is 0.113. The van der Waals surface area contributed by atoms with Gasteiger partial charge in [0, 0.05) is 19.0 Å². The molecular weight excluding hydrogens is 216 g/mol. The Kier molecular flexibility index (Phi) is 3.44. The summed E-state index contributed by atoms with van der Waals surface area (Å²) < 4.78 is 7.19. The lowest BCUT2D eigenvalue weighted by molar-refractivity contribution is 0.295. The summed E-state index contributed by atoms with van der Waals surface area (Å²) in [6, 6.07) is 7.85. The largest absolute Gasteiger partial charge is 0.497 e. The number of aromatic nitrogens is 2. The van der Waals surface area contributed by atoms with E-state index in [1.807, 2.05) is 42.1 Å². The number of aliphatic hydroxyl groups excluding tert-OH is 1. The van der Waals surface area contributed by atoms with Crippen molar-refractivity contribution in [3.63, 3.8) is 0 Å². The molecule has 0 spiro atoms. The average Bonchev–Trinajstić information content (AvgIpc) is 2.72. The summed E-state index contributed by atoms with van der Waals surface area (Å²) in [5.41, 5.74) is 2.08. The van der Waals surface area contributed by atoms with Crippen LogP contribution in [0.1, 0.15) is 5.82 Å². The van der Waals surface area contributed by atoms with Crippen LogP contribution in [0.25, 0.3) is 11.3 Å². The minimum absolute atomic E-state index is 0.113. The number of benzene rings is 1. The predicted molar refractivity (Wildman–Crippen MR) is 66.0 cm³/mol. The molecule has 1 heterocycles. The Morgan fingerprint density at radius 2 is 2.24 bits per heavy atom. The second-order valence-corrected chi connectivity index (χ2v) is 3.82. The van der Waals surface area contributed by atoms with Crippen LogP contribution in [0.2, 0.25) is 0 Å². The summed E-state index contributed by atoms with van der Waals surface area (Å²) in [7, 11) is 3.60. The lowest BCUT2D eigenvalue weighted by Gasteiger charge is -2.06. The molecule has 0 saturated heterocycles. The third-order valence-electron chi connectivity index (χ3n) is 2.79. The van der Waals surface area contributed by atoms with Crippen molar-refractivity contribution in [3.8, 4) is 17.0 Å². The van der Waals surface area contributed by atoms with Gasteiger partial charge >= 0.3 is 0 Å². The van der Waals surface area contributed by atoms with Crippen molar-refractivity contribution in [3.05, 3.63) is 36.3 Å². The zero-order valence-corrected chi connectivity index (χ0v) is 10.1. The van der Waals surface area contributed by atoms with Crippen LogP contribution in [0, 0.1) is 0 Å². The molecule has 0 saturated carbocycles. The quantitative estimate of drug-likeness (QED) is 0.871. The standard InChI is InChI=1S/C13H16N2O2/c1-15-12(9-14-13(15)6-7-16)10-4-3-5-11(8-10)17-2/h3-5,8-9,16H,6-7H2,1-2H3. The molecule has 0 aliphatic heterocycles. The number of hydrogen-bond acceptors (Lipinski definition) is 3. The molecule has 0 bridgehead atoms. The fourth-order valence-electron chi connectivity index (χ4n) is 1.83. The van der Waals surface area contributed by atoms with Crippen LogP contribution < -0.4 is 4.74 Å². The summed E-state index contributed by atoms with van der Waals surface area (Å²) in [4.78, 5) is 4.30. The highest BCUT2D eigenvalue weighted by Crippen LogP contribution is 2.24. The van der Waals surface area contributed by atoms with Crippen molar-refractivity contribution in [2.75, 3.05) is 13.7 Å². The number of rotatable bonds is 4. The van der Waals surface area contributed by atoms with Gasteiger partial charge in [-0.3, -0.25) is 0 Å². The summed E-state index contributed by atoms with van der Waals surface area (Å²) >= 11 is 0. The fourth-order valence-corrected chi connectivity index (χ4v) is 1.83. The smallest absolute Gasteiger partial charge is 0.119 e. The third kappa shape index (κ3) is 2.31. The molecular formula is C13H16N2O2. The van der Waals surface area contributed by atoms with Gasteiger partial charge < -0.3 is 14.4 Å². The second kappa shape index (κ2) is 5.01. The Morgan fingerprint density at radius 1 is 1.41 bits per heavy atom. The van der Waals surface area contributed by atoms with Crippen LogP contribution in [0.15, 0.2) is 30.5 Å². The second-order valence-electron chi connectivity index (χ2n) is 3.82. The molecule has 1 aromatic carbocycles. The summed E-state index contributed by atoms with van der Waals surface area (Å²) in [5, 5.41) is 8.93. The molecule has 0 radical (unpaired) electrons. The highest BCUT2D eigenvalue weighted by Gasteiger charge is 2.08. The molecule has 4 nitrogen and oxygen atoms in total. The molecule has 0 aliphatic rings. The molecule has 1 aromatic heterocycles.